The van der Waals surface area contributed by atoms with E-state index in [0.29, 0.717) is 24.4 Å². The van der Waals surface area contributed by atoms with Gasteiger partial charge in [0, 0.05) is 48.8 Å². The molecular weight excluding hydrogens is 469 g/mol. The fourth-order valence-electron chi connectivity index (χ4n) is 4.77. The van der Waals surface area contributed by atoms with E-state index in [1.54, 1.807) is 19.2 Å². The van der Waals surface area contributed by atoms with Gasteiger partial charge in [0.15, 0.2) is 0 Å². The molecule has 1 aliphatic rings. The lowest BCUT2D eigenvalue weighted by atomic mass is 9.80. The van der Waals surface area contributed by atoms with Crippen LogP contribution >= 0.6 is 0 Å². The van der Waals surface area contributed by atoms with Crippen LogP contribution in [0.4, 0.5) is 13.2 Å². The standard InChI is InChI=1S/C27H31F3N4O2/c1-34(2)21(14-18-6-8-23-19(13-18)7-9-25(33-23)36-3)17-32-24(35)15-22(20-5-4-12-31-16-20)26(10-11-26)27(28,29)30/h4-9,12-13,16,21-22H,10-11,14-15,17H2,1-3H3,(H,32,35). The third kappa shape index (κ3) is 5.61. The Morgan fingerprint density at radius 1 is 1.19 bits per heavy atom. The van der Waals surface area contributed by atoms with Crippen LogP contribution in [0.5, 0.6) is 5.88 Å². The summed E-state index contributed by atoms with van der Waals surface area (Å²) in [6.45, 7) is 0.323. The molecule has 2 heterocycles. The Morgan fingerprint density at radius 2 is 1.97 bits per heavy atom. The number of nitrogens with one attached hydrogen (secondary N) is 1. The molecule has 6 nitrogen and oxygen atoms in total. The molecule has 2 aromatic heterocycles. The molecule has 2 atom stereocenters. The summed E-state index contributed by atoms with van der Waals surface area (Å²) in [4.78, 5) is 23.3. The predicted molar refractivity (Wildman–Crippen MR) is 132 cm³/mol. The maximum Gasteiger partial charge on any atom is 0.395 e. The van der Waals surface area contributed by atoms with E-state index < -0.39 is 17.5 Å². The van der Waals surface area contributed by atoms with E-state index in [2.05, 4.69) is 21.4 Å². The third-order valence-electron chi connectivity index (χ3n) is 7.17. The largest absolute Gasteiger partial charge is 0.481 e. The maximum absolute atomic E-state index is 13.9. The molecule has 1 N–H and O–H groups in total. The molecule has 0 radical (unpaired) electrons. The normalized spacial score (nSPS) is 16.5. The number of methoxy groups -OCH3 is 1. The lowest BCUT2D eigenvalue weighted by Crippen LogP contribution is -2.42. The summed E-state index contributed by atoms with van der Waals surface area (Å²) >= 11 is 0. The zero-order chi connectivity index (χ0) is 25.9. The molecule has 1 aliphatic carbocycles. The average Bonchev–Trinajstić information content (AvgIpc) is 3.67. The van der Waals surface area contributed by atoms with Crippen molar-refractivity contribution in [2.45, 2.75) is 43.8 Å². The number of hydrogen-bond acceptors (Lipinski definition) is 5. The van der Waals surface area contributed by atoms with Gasteiger partial charge >= 0.3 is 6.18 Å². The molecule has 3 aromatic rings. The topological polar surface area (TPSA) is 67.3 Å². The minimum Gasteiger partial charge on any atom is -0.481 e. The van der Waals surface area contributed by atoms with Crippen LogP contribution in [0.25, 0.3) is 10.9 Å². The van der Waals surface area contributed by atoms with Crippen LogP contribution in [-0.4, -0.2) is 60.7 Å². The van der Waals surface area contributed by atoms with Crippen LogP contribution in [0.15, 0.2) is 54.9 Å². The van der Waals surface area contributed by atoms with Crippen LogP contribution in [-0.2, 0) is 11.2 Å². The van der Waals surface area contributed by atoms with E-state index in [1.165, 1.54) is 12.4 Å². The second kappa shape index (κ2) is 10.4. The molecule has 1 saturated carbocycles. The Balaban J connectivity index is 1.43. The lowest BCUT2D eigenvalue weighted by molar-refractivity contribution is -0.194. The van der Waals surface area contributed by atoms with Crippen molar-refractivity contribution in [1.29, 1.82) is 0 Å². The highest BCUT2D eigenvalue weighted by Gasteiger charge is 2.67. The Bertz CT molecular complexity index is 1200. The van der Waals surface area contributed by atoms with Crippen molar-refractivity contribution < 1.29 is 22.7 Å². The molecule has 192 valence electrons. The monoisotopic (exact) mass is 500 g/mol. The van der Waals surface area contributed by atoms with Gasteiger partial charge in [0.25, 0.3) is 0 Å². The number of fused-ring (bicyclic) bond motifs is 1. The van der Waals surface area contributed by atoms with Crippen molar-refractivity contribution in [3.8, 4) is 5.88 Å². The first-order chi connectivity index (χ1) is 17.1. The number of benzene rings is 1. The van der Waals surface area contributed by atoms with Gasteiger partial charge in [-0.05, 0) is 68.8 Å². The second-order valence-corrected chi connectivity index (χ2v) is 9.70. The Hall–Kier alpha value is -3.20. The summed E-state index contributed by atoms with van der Waals surface area (Å²) in [7, 11) is 5.42. The van der Waals surface area contributed by atoms with E-state index in [4.69, 9.17) is 4.74 Å². The highest BCUT2D eigenvalue weighted by Crippen LogP contribution is 2.66. The quantitative estimate of drug-likeness (QED) is 0.436. The predicted octanol–water partition coefficient (Wildman–Crippen LogP) is 4.74. The van der Waals surface area contributed by atoms with Crippen molar-refractivity contribution in [1.82, 2.24) is 20.2 Å². The molecule has 0 bridgehead atoms. The van der Waals surface area contributed by atoms with Gasteiger partial charge in [-0.2, -0.15) is 13.2 Å². The number of nitrogens with zero attached hydrogens (tertiary/aromatic N) is 3. The first-order valence-electron chi connectivity index (χ1n) is 12.0. The molecule has 1 aromatic carbocycles. The number of likely N-dealkylation sites (N-methyl/N-ethyl adjacent to an activating group) is 1. The second-order valence-electron chi connectivity index (χ2n) is 9.70. The summed E-state index contributed by atoms with van der Waals surface area (Å²) in [5.74, 6) is -0.790. The molecule has 0 saturated heterocycles. The molecule has 4 rings (SSSR count). The van der Waals surface area contributed by atoms with Gasteiger partial charge < -0.3 is 15.0 Å². The highest BCUT2D eigenvalue weighted by molar-refractivity contribution is 5.80. The molecule has 1 amide bonds. The number of alkyl halides is 3. The summed E-state index contributed by atoms with van der Waals surface area (Å²) in [6.07, 6.45) is -0.901. The molecular formula is C27H31F3N4O2. The van der Waals surface area contributed by atoms with Crippen LogP contribution in [0.1, 0.15) is 36.3 Å². The van der Waals surface area contributed by atoms with Crippen LogP contribution in [0.2, 0.25) is 0 Å². The van der Waals surface area contributed by atoms with Crippen LogP contribution in [0.3, 0.4) is 0 Å². The van der Waals surface area contributed by atoms with Gasteiger partial charge in [-0.15, -0.1) is 0 Å². The Kier molecular flexibility index (Phi) is 7.49. The summed E-state index contributed by atoms with van der Waals surface area (Å²) in [6, 6.07) is 12.9. The summed E-state index contributed by atoms with van der Waals surface area (Å²) < 4.78 is 47.0. The van der Waals surface area contributed by atoms with Gasteiger partial charge in [-0.3, -0.25) is 9.78 Å². The number of hydrogen-bond donors (Lipinski definition) is 1. The van der Waals surface area contributed by atoms with Gasteiger partial charge in [0.1, 0.15) is 0 Å². The van der Waals surface area contributed by atoms with Crippen LogP contribution < -0.4 is 10.1 Å². The molecule has 1 fully saturated rings. The number of rotatable bonds is 10. The van der Waals surface area contributed by atoms with E-state index in [0.717, 1.165) is 16.5 Å². The van der Waals surface area contributed by atoms with Gasteiger partial charge in [-0.25, -0.2) is 4.98 Å². The minimum absolute atomic E-state index is 0.0341. The minimum atomic E-state index is -4.37. The van der Waals surface area contributed by atoms with Crippen molar-refractivity contribution >= 4 is 16.8 Å². The Labute approximate surface area is 208 Å². The van der Waals surface area contributed by atoms with Crippen molar-refractivity contribution in [2.24, 2.45) is 5.41 Å². The van der Waals surface area contributed by atoms with Crippen molar-refractivity contribution in [2.75, 3.05) is 27.7 Å². The van der Waals surface area contributed by atoms with E-state index >= 15 is 0 Å². The summed E-state index contributed by atoms with van der Waals surface area (Å²) in [5, 5.41) is 3.87. The molecule has 36 heavy (non-hydrogen) atoms. The third-order valence-corrected chi connectivity index (χ3v) is 7.17. The first kappa shape index (κ1) is 25.9. The smallest absolute Gasteiger partial charge is 0.395 e. The highest BCUT2D eigenvalue weighted by atomic mass is 19.4. The zero-order valence-electron chi connectivity index (χ0n) is 20.7. The maximum atomic E-state index is 13.9. The number of aromatic nitrogens is 2. The number of halogens is 3. The molecule has 0 aliphatic heterocycles. The van der Waals surface area contributed by atoms with E-state index in [1.807, 2.05) is 43.3 Å². The average molecular weight is 501 g/mol. The van der Waals surface area contributed by atoms with Gasteiger partial charge in [0.05, 0.1) is 18.0 Å². The van der Waals surface area contributed by atoms with E-state index in [-0.39, 0.29) is 31.2 Å². The van der Waals surface area contributed by atoms with Crippen molar-refractivity contribution in [3.05, 3.63) is 66.0 Å². The lowest BCUT2D eigenvalue weighted by Gasteiger charge is -2.30. The SMILES string of the molecule is COc1ccc2cc(CC(CNC(=O)CC(c3cccnc3)C3(C(F)(F)F)CC3)N(C)C)ccc2n1. The Morgan fingerprint density at radius 3 is 2.58 bits per heavy atom. The number of amides is 1. The summed E-state index contributed by atoms with van der Waals surface area (Å²) in [5.41, 5.74) is 0.501. The number of carbonyl (C=O) groups excluding carboxylic acids is 1. The fraction of sp³-hybridized carbons (Fsp3) is 0.444. The number of pyridine rings is 2. The zero-order valence-corrected chi connectivity index (χ0v) is 20.7. The molecule has 9 heteroatoms. The first-order valence-corrected chi connectivity index (χ1v) is 12.0. The molecule has 0 spiro atoms. The number of ether oxygens (including phenoxy) is 1. The molecule has 2 unspecified atom stereocenters. The van der Waals surface area contributed by atoms with Gasteiger partial charge in [0.2, 0.25) is 11.8 Å². The van der Waals surface area contributed by atoms with Crippen molar-refractivity contribution in [3.63, 3.8) is 0 Å². The number of carbonyl (C=O) groups is 1. The van der Waals surface area contributed by atoms with E-state index in [9.17, 15) is 18.0 Å². The van der Waals surface area contributed by atoms with Gasteiger partial charge in [-0.1, -0.05) is 12.1 Å². The fourth-order valence-corrected chi connectivity index (χ4v) is 4.77. The van der Waals surface area contributed by atoms with Crippen LogP contribution in [0, 0.1) is 5.41 Å².